The van der Waals surface area contributed by atoms with Gasteiger partial charge in [-0.3, -0.25) is 4.79 Å². The molecule has 0 spiro atoms. The van der Waals surface area contributed by atoms with Gasteiger partial charge < -0.3 is 9.80 Å². The minimum absolute atomic E-state index is 0.162. The van der Waals surface area contributed by atoms with Crippen LogP contribution in [0.25, 0.3) is 0 Å². The maximum absolute atomic E-state index is 14.5. The Hall–Kier alpha value is -1.95. The van der Waals surface area contributed by atoms with Gasteiger partial charge in [0.2, 0.25) is 0 Å². The lowest BCUT2D eigenvalue weighted by atomic mass is 10.0. The molecule has 26 heavy (non-hydrogen) atoms. The first kappa shape index (κ1) is 17.5. The number of carbonyl (C=O) groups is 1. The largest absolute Gasteiger partial charge is 0.369 e. The molecule has 1 aromatic heterocycles. The molecular weight excluding hydrogens is 349 g/mol. The summed E-state index contributed by atoms with van der Waals surface area (Å²) in [5.74, 6) is -0.471. The van der Waals surface area contributed by atoms with Gasteiger partial charge >= 0.3 is 0 Å². The van der Waals surface area contributed by atoms with Crippen molar-refractivity contribution in [3.8, 4) is 0 Å². The van der Waals surface area contributed by atoms with Crippen molar-refractivity contribution in [2.24, 2.45) is 0 Å². The van der Waals surface area contributed by atoms with Crippen LogP contribution >= 0.6 is 11.3 Å². The SMILES string of the molecule is CN(Cc1nc2c(s1)CCCC2)C(=O)c1ccc(N2CCCC2)c(F)c1. The van der Waals surface area contributed by atoms with Crippen LogP contribution in [0.5, 0.6) is 0 Å². The molecule has 1 saturated heterocycles. The van der Waals surface area contributed by atoms with Crippen LogP contribution in [0.3, 0.4) is 0 Å². The summed E-state index contributed by atoms with van der Waals surface area (Å²) in [7, 11) is 1.76. The number of aryl methyl sites for hydroxylation is 2. The Labute approximate surface area is 157 Å². The number of carbonyl (C=O) groups excluding carboxylic acids is 1. The molecule has 1 aliphatic heterocycles. The van der Waals surface area contributed by atoms with Crippen molar-refractivity contribution >= 4 is 22.9 Å². The molecule has 1 aliphatic carbocycles. The molecule has 138 valence electrons. The van der Waals surface area contributed by atoms with Crippen LogP contribution < -0.4 is 4.90 Å². The number of nitrogens with zero attached hydrogens (tertiary/aromatic N) is 3. The zero-order chi connectivity index (χ0) is 18.1. The van der Waals surface area contributed by atoms with Crippen molar-refractivity contribution in [1.29, 1.82) is 0 Å². The third-order valence-electron chi connectivity index (χ3n) is 5.25. The van der Waals surface area contributed by atoms with E-state index in [0.717, 1.165) is 43.8 Å². The number of amides is 1. The first-order valence-corrected chi connectivity index (χ1v) is 10.2. The van der Waals surface area contributed by atoms with Crippen LogP contribution in [0.2, 0.25) is 0 Å². The molecule has 4 rings (SSSR count). The summed E-state index contributed by atoms with van der Waals surface area (Å²) in [5, 5.41) is 0.974. The molecule has 0 N–H and O–H groups in total. The number of aromatic nitrogens is 1. The van der Waals surface area contributed by atoms with Crippen LogP contribution in [0.15, 0.2) is 18.2 Å². The van der Waals surface area contributed by atoms with Crippen molar-refractivity contribution < 1.29 is 9.18 Å². The molecule has 0 radical (unpaired) electrons. The van der Waals surface area contributed by atoms with Gasteiger partial charge in [-0.1, -0.05) is 0 Å². The molecule has 0 saturated carbocycles. The molecule has 6 heteroatoms. The van der Waals surface area contributed by atoms with Gasteiger partial charge in [-0.2, -0.15) is 0 Å². The second kappa shape index (κ2) is 7.35. The van der Waals surface area contributed by atoms with Gasteiger partial charge in [-0.05, 0) is 56.7 Å². The third kappa shape index (κ3) is 3.47. The lowest BCUT2D eigenvalue weighted by molar-refractivity contribution is 0.0784. The smallest absolute Gasteiger partial charge is 0.254 e. The molecule has 4 nitrogen and oxygen atoms in total. The Kier molecular flexibility index (Phi) is 4.94. The van der Waals surface area contributed by atoms with E-state index in [2.05, 4.69) is 0 Å². The molecule has 0 bridgehead atoms. The Bertz CT molecular complexity index is 790. The van der Waals surface area contributed by atoms with Crippen molar-refractivity contribution in [3.05, 3.63) is 45.2 Å². The second-order valence-electron chi connectivity index (χ2n) is 7.21. The summed E-state index contributed by atoms with van der Waals surface area (Å²) in [5.41, 5.74) is 2.21. The number of rotatable bonds is 4. The van der Waals surface area contributed by atoms with Gasteiger partial charge in [-0.25, -0.2) is 9.37 Å². The highest BCUT2D eigenvalue weighted by atomic mass is 32.1. The average Bonchev–Trinajstić information content (AvgIpc) is 3.30. The zero-order valence-electron chi connectivity index (χ0n) is 15.1. The highest BCUT2D eigenvalue weighted by Crippen LogP contribution is 2.28. The van der Waals surface area contributed by atoms with E-state index in [1.165, 1.54) is 29.5 Å². The topological polar surface area (TPSA) is 36.4 Å². The maximum Gasteiger partial charge on any atom is 0.254 e. The molecule has 1 fully saturated rings. The number of anilines is 1. The lowest BCUT2D eigenvalue weighted by Crippen LogP contribution is -2.26. The van der Waals surface area contributed by atoms with Crippen LogP contribution in [-0.2, 0) is 19.4 Å². The van der Waals surface area contributed by atoms with Gasteiger partial charge in [0.25, 0.3) is 5.91 Å². The number of halogens is 1. The molecule has 2 aliphatic rings. The maximum atomic E-state index is 14.5. The molecule has 0 unspecified atom stereocenters. The van der Waals surface area contributed by atoms with Crippen LogP contribution in [0.1, 0.15) is 51.6 Å². The predicted octanol–water partition coefficient (Wildman–Crippen LogP) is 4.03. The molecule has 1 amide bonds. The van der Waals surface area contributed by atoms with Crippen molar-refractivity contribution in [3.63, 3.8) is 0 Å². The summed E-state index contributed by atoms with van der Waals surface area (Å²) >= 11 is 1.71. The van der Waals surface area contributed by atoms with Gasteiger partial charge in [0.1, 0.15) is 10.8 Å². The Morgan fingerprint density at radius 2 is 2.00 bits per heavy atom. The van der Waals surface area contributed by atoms with E-state index in [0.29, 0.717) is 17.8 Å². The first-order chi connectivity index (χ1) is 12.6. The number of hydrogen-bond acceptors (Lipinski definition) is 4. The number of fused-ring (bicyclic) bond motifs is 1. The first-order valence-electron chi connectivity index (χ1n) is 9.39. The number of thiazole rings is 1. The van der Waals surface area contributed by atoms with E-state index in [9.17, 15) is 9.18 Å². The lowest BCUT2D eigenvalue weighted by Gasteiger charge is -2.20. The Balaban J connectivity index is 1.46. The standard InChI is InChI=1S/C20H24FN3OS/c1-23(13-19-22-16-6-2-3-7-18(16)26-19)20(25)14-8-9-17(15(21)12-14)24-10-4-5-11-24/h8-9,12H,2-7,10-11,13H2,1H3. The van der Waals surface area contributed by atoms with Crippen LogP contribution in [-0.4, -0.2) is 35.9 Å². The van der Waals surface area contributed by atoms with Crippen LogP contribution in [0, 0.1) is 5.82 Å². The highest BCUT2D eigenvalue weighted by Gasteiger charge is 2.21. The van der Waals surface area contributed by atoms with Crippen LogP contribution in [0.4, 0.5) is 10.1 Å². The van der Waals surface area contributed by atoms with E-state index >= 15 is 0 Å². The normalized spacial score (nSPS) is 16.6. The molecule has 2 aromatic rings. The van der Waals surface area contributed by atoms with Gasteiger partial charge in [0.05, 0.1) is 17.9 Å². The second-order valence-corrected chi connectivity index (χ2v) is 8.37. The Morgan fingerprint density at radius 3 is 2.73 bits per heavy atom. The van der Waals surface area contributed by atoms with Crippen molar-refractivity contribution in [1.82, 2.24) is 9.88 Å². The molecule has 0 atom stereocenters. The number of benzene rings is 1. The number of hydrogen-bond donors (Lipinski definition) is 0. The fraction of sp³-hybridized carbons (Fsp3) is 0.500. The average molecular weight is 373 g/mol. The summed E-state index contributed by atoms with van der Waals surface area (Å²) in [6.07, 6.45) is 6.78. The van der Waals surface area contributed by atoms with E-state index in [4.69, 9.17) is 4.98 Å². The summed E-state index contributed by atoms with van der Waals surface area (Å²) in [4.78, 5) is 22.4. The van der Waals surface area contributed by atoms with E-state index in [1.807, 2.05) is 4.90 Å². The summed E-state index contributed by atoms with van der Waals surface area (Å²) < 4.78 is 14.5. The molecule has 2 heterocycles. The minimum Gasteiger partial charge on any atom is -0.369 e. The minimum atomic E-state index is -0.309. The van der Waals surface area contributed by atoms with Gasteiger partial charge in [0, 0.05) is 30.6 Å². The summed E-state index contributed by atoms with van der Waals surface area (Å²) in [6, 6.07) is 4.85. The van der Waals surface area contributed by atoms with Gasteiger partial charge in [-0.15, -0.1) is 11.3 Å². The van der Waals surface area contributed by atoms with E-state index < -0.39 is 0 Å². The van der Waals surface area contributed by atoms with Crippen molar-refractivity contribution in [2.45, 2.75) is 45.1 Å². The quantitative estimate of drug-likeness (QED) is 0.812. The molecular formula is C20H24FN3OS. The van der Waals surface area contributed by atoms with E-state index in [1.54, 1.807) is 35.4 Å². The van der Waals surface area contributed by atoms with Crippen molar-refractivity contribution in [2.75, 3.05) is 25.0 Å². The van der Waals surface area contributed by atoms with Gasteiger partial charge in [0.15, 0.2) is 0 Å². The van der Waals surface area contributed by atoms with E-state index in [-0.39, 0.29) is 11.7 Å². The third-order valence-corrected chi connectivity index (χ3v) is 6.39. The predicted molar refractivity (Wildman–Crippen MR) is 102 cm³/mol. The Morgan fingerprint density at radius 1 is 1.23 bits per heavy atom. The fourth-order valence-electron chi connectivity index (χ4n) is 3.82. The zero-order valence-corrected chi connectivity index (χ0v) is 15.9. The monoisotopic (exact) mass is 373 g/mol. The molecule has 1 aromatic carbocycles. The summed E-state index contributed by atoms with van der Waals surface area (Å²) in [6.45, 7) is 2.25. The fourth-order valence-corrected chi connectivity index (χ4v) is 5.03. The highest BCUT2D eigenvalue weighted by molar-refractivity contribution is 7.11.